The first-order valence-corrected chi connectivity index (χ1v) is 5.73. The normalized spacial score (nSPS) is 11.3. The summed E-state index contributed by atoms with van der Waals surface area (Å²) in [7, 11) is 0. The van der Waals surface area contributed by atoms with Gasteiger partial charge in [-0.25, -0.2) is 30.7 Å². The maximum atomic E-state index is 13.7. The molecule has 0 fully saturated rings. The van der Waals surface area contributed by atoms with Gasteiger partial charge in [-0.05, 0) is 17.7 Å². The van der Waals surface area contributed by atoms with Crippen LogP contribution in [0.3, 0.4) is 0 Å². The molecule has 2 aromatic rings. The number of hydrogen-bond donors (Lipinski definition) is 0. The van der Waals surface area contributed by atoms with E-state index >= 15 is 0 Å². The molecule has 0 amide bonds. The molecule has 21 heavy (non-hydrogen) atoms. The van der Waals surface area contributed by atoms with Gasteiger partial charge in [0.15, 0.2) is 23.3 Å². The number of hydrogen-bond acceptors (Lipinski definition) is 0. The first kappa shape index (κ1) is 15.6. The third-order valence-corrected chi connectivity index (χ3v) is 2.96. The van der Waals surface area contributed by atoms with Crippen molar-refractivity contribution in [3.05, 3.63) is 57.9 Å². The fourth-order valence-corrected chi connectivity index (χ4v) is 1.95. The fraction of sp³-hybridized carbons (Fsp3) is 0.0769. The van der Waals surface area contributed by atoms with E-state index in [1.165, 1.54) is 0 Å². The molecule has 0 bridgehead atoms. The summed E-state index contributed by atoms with van der Waals surface area (Å²) < 4.78 is 92.2. The molecule has 0 aromatic heterocycles. The molecule has 2 rings (SSSR count). The van der Waals surface area contributed by atoms with Crippen molar-refractivity contribution in [3.8, 4) is 11.1 Å². The molecule has 2 aromatic carbocycles. The van der Waals surface area contributed by atoms with E-state index in [0.717, 1.165) is 12.1 Å². The number of rotatable bonds is 2. The second-order valence-electron chi connectivity index (χ2n) is 3.98. The highest BCUT2D eigenvalue weighted by Crippen LogP contribution is 2.38. The summed E-state index contributed by atoms with van der Waals surface area (Å²) in [4.78, 5) is 0. The Hall–Kier alpha value is -1.76. The Balaban J connectivity index is 2.88. The van der Waals surface area contributed by atoms with Crippen molar-refractivity contribution in [1.29, 1.82) is 0 Å². The summed E-state index contributed by atoms with van der Waals surface area (Å²) in [6.07, 6.45) is -3.19. The van der Waals surface area contributed by atoms with Gasteiger partial charge in [0.25, 0.3) is 6.43 Å². The summed E-state index contributed by atoms with van der Waals surface area (Å²) in [6.45, 7) is 0. The minimum Gasteiger partial charge on any atom is -0.205 e. The van der Waals surface area contributed by atoms with Crippen molar-refractivity contribution in [1.82, 2.24) is 0 Å². The lowest BCUT2D eigenvalue weighted by Gasteiger charge is -2.13. The summed E-state index contributed by atoms with van der Waals surface area (Å²) in [5.41, 5.74) is -3.20. The molecule has 0 unspecified atom stereocenters. The van der Waals surface area contributed by atoms with Gasteiger partial charge in [0, 0.05) is 10.6 Å². The minimum atomic E-state index is -3.19. The van der Waals surface area contributed by atoms with Gasteiger partial charge in [0.05, 0.1) is 5.56 Å². The van der Waals surface area contributed by atoms with Crippen LogP contribution in [0, 0.1) is 29.1 Å². The van der Waals surface area contributed by atoms with E-state index in [2.05, 4.69) is 0 Å². The molecule has 0 aliphatic heterocycles. The van der Waals surface area contributed by atoms with E-state index in [1.807, 2.05) is 0 Å². The summed E-state index contributed by atoms with van der Waals surface area (Å²) in [5.74, 6) is -11.2. The second-order valence-corrected chi connectivity index (χ2v) is 4.41. The summed E-state index contributed by atoms with van der Waals surface area (Å²) in [6, 6.07) is 2.47. The predicted octanol–water partition coefficient (Wildman–Crippen LogP) is 5.64. The van der Waals surface area contributed by atoms with Crippen LogP contribution in [-0.2, 0) is 0 Å². The summed E-state index contributed by atoms with van der Waals surface area (Å²) in [5, 5.41) is -0.196. The highest BCUT2D eigenvalue weighted by atomic mass is 35.5. The van der Waals surface area contributed by atoms with Crippen LogP contribution in [0.1, 0.15) is 12.0 Å². The molecule has 0 radical (unpaired) electrons. The Morgan fingerprint density at radius 2 is 1.24 bits per heavy atom. The topological polar surface area (TPSA) is 0 Å². The van der Waals surface area contributed by atoms with Gasteiger partial charge >= 0.3 is 0 Å². The highest BCUT2D eigenvalue weighted by Gasteiger charge is 2.29. The van der Waals surface area contributed by atoms with Crippen molar-refractivity contribution in [2.45, 2.75) is 6.43 Å². The van der Waals surface area contributed by atoms with Crippen molar-refractivity contribution in [2.24, 2.45) is 0 Å². The Morgan fingerprint density at radius 3 is 1.71 bits per heavy atom. The van der Waals surface area contributed by atoms with Crippen LogP contribution in [0.25, 0.3) is 11.1 Å². The van der Waals surface area contributed by atoms with E-state index in [0.29, 0.717) is 6.07 Å². The van der Waals surface area contributed by atoms with Gasteiger partial charge in [-0.15, -0.1) is 0 Å². The Kier molecular flexibility index (Phi) is 4.13. The van der Waals surface area contributed by atoms with Gasteiger partial charge in [-0.3, -0.25) is 0 Å². The van der Waals surface area contributed by atoms with Crippen LogP contribution < -0.4 is 0 Å². The zero-order valence-electron chi connectivity index (χ0n) is 9.83. The SMILES string of the molecule is Fc1c(F)c(F)c(-c2cc(Cl)ccc2C(F)F)c(F)c1F. The van der Waals surface area contributed by atoms with Crippen LogP contribution in [0.15, 0.2) is 18.2 Å². The number of alkyl halides is 2. The monoisotopic (exact) mass is 328 g/mol. The highest BCUT2D eigenvalue weighted by molar-refractivity contribution is 6.30. The van der Waals surface area contributed by atoms with Crippen molar-refractivity contribution >= 4 is 11.6 Å². The molecule has 0 saturated heterocycles. The summed E-state index contributed by atoms with van der Waals surface area (Å²) >= 11 is 5.54. The Bertz CT molecular complexity index is 683. The zero-order valence-corrected chi connectivity index (χ0v) is 10.6. The second kappa shape index (κ2) is 5.55. The van der Waals surface area contributed by atoms with Crippen LogP contribution >= 0.6 is 11.6 Å². The number of benzene rings is 2. The lowest BCUT2D eigenvalue weighted by Crippen LogP contribution is -2.05. The Morgan fingerprint density at radius 1 is 0.762 bits per heavy atom. The molecule has 0 nitrogen and oxygen atoms in total. The van der Waals surface area contributed by atoms with E-state index in [1.54, 1.807) is 0 Å². The van der Waals surface area contributed by atoms with Crippen LogP contribution in [0.5, 0.6) is 0 Å². The molecule has 0 atom stereocenters. The molecular weight excluding hydrogens is 325 g/mol. The van der Waals surface area contributed by atoms with Gasteiger partial charge in [0.1, 0.15) is 0 Å². The maximum Gasteiger partial charge on any atom is 0.264 e. The van der Waals surface area contributed by atoms with Gasteiger partial charge in [-0.1, -0.05) is 17.7 Å². The minimum absolute atomic E-state index is 0.196. The van der Waals surface area contributed by atoms with Crippen molar-refractivity contribution in [2.75, 3.05) is 0 Å². The smallest absolute Gasteiger partial charge is 0.205 e. The lowest BCUT2D eigenvalue weighted by molar-refractivity contribution is 0.152. The molecule has 112 valence electrons. The average molecular weight is 329 g/mol. The van der Waals surface area contributed by atoms with E-state index in [-0.39, 0.29) is 5.02 Å². The zero-order chi connectivity index (χ0) is 15.9. The van der Waals surface area contributed by atoms with Gasteiger partial charge < -0.3 is 0 Å². The lowest BCUT2D eigenvalue weighted by atomic mass is 9.98. The quantitative estimate of drug-likeness (QED) is 0.380. The molecule has 0 spiro atoms. The Labute approximate surface area is 118 Å². The molecule has 0 N–H and O–H groups in total. The molecule has 0 heterocycles. The fourth-order valence-electron chi connectivity index (χ4n) is 1.78. The van der Waals surface area contributed by atoms with Crippen molar-refractivity contribution in [3.63, 3.8) is 0 Å². The molecule has 0 aliphatic rings. The third kappa shape index (κ3) is 2.57. The van der Waals surface area contributed by atoms with Crippen LogP contribution in [0.4, 0.5) is 30.7 Å². The van der Waals surface area contributed by atoms with E-state index < -0.39 is 52.2 Å². The van der Waals surface area contributed by atoms with Crippen LogP contribution in [-0.4, -0.2) is 0 Å². The maximum absolute atomic E-state index is 13.7. The largest absolute Gasteiger partial charge is 0.264 e. The molecule has 8 heteroatoms. The molecular formula is C13H4ClF7. The predicted molar refractivity (Wildman–Crippen MR) is 61.6 cm³/mol. The van der Waals surface area contributed by atoms with Gasteiger partial charge in [0.2, 0.25) is 5.82 Å². The first-order valence-electron chi connectivity index (χ1n) is 5.35. The van der Waals surface area contributed by atoms with Crippen LogP contribution in [0.2, 0.25) is 5.02 Å². The van der Waals surface area contributed by atoms with E-state index in [9.17, 15) is 30.7 Å². The first-order chi connectivity index (χ1) is 9.75. The molecule has 0 saturated carbocycles. The molecule has 0 aliphatic carbocycles. The van der Waals surface area contributed by atoms with E-state index in [4.69, 9.17) is 11.6 Å². The van der Waals surface area contributed by atoms with Gasteiger partial charge in [-0.2, -0.15) is 0 Å². The number of halogens is 8. The van der Waals surface area contributed by atoms with Crippen molar-refractivity contribution < 1.29 is 30.7 Å². The average Bonchev–Trinajstić information content (AvgIpc) is 2.43. The third-order valence-electron chi connectivity index (χ3n) is 2.73. The standard InChI is InChI=1S/C13H4ClF7/c14-4-1-2-5(13(20)21)6(3-4)7-8(15)10(17)12(19)11(18)9(7)16/h1-3,13H.